The molecule has 3 atom stereocenters. The van der Waals surface area contributed by atoms with E-state index in [9.17, 15) is 13.5 Å². The van der Waals surface area contributed by atoms with Gasteiger partial charge in [-0.25, -0.2) is 4.18 Å². The highest BCUT2D eigenvalue weighted by molar-refractivity contribution is 8.17. The van der Waals surface area contributed by atoms with Crippen LogP contribution in [-0.2, 0) is 19.0 Å². The lowest BCUT2D eigenvalue weighted by molar-refractivity contribution is -0.103. The number of benzene rings is 1. The van der Waals surface area contributed by atoms with Crippen molar-refractivity contribution in [2.75, 3.05) is 11.5 Å². The van der Waals surface area contributed by atoms with Gasteiger partial charge >= 0.3 is 0 Å². The molecule has 0 aliphatic carbocycles. The monoisotopic (exact) mass is 376 g/mol. The highest BCUT2D eigenvalue weighted by Gasteiger charge is 2.42. The van der Waals surface area contributed by atoms with E-state index < -0.39 is 22.5 Å². The van der Waals surface area contributed by atoms with Gasteiger partial charge in [-0.2, -0.15) is 8.42 Å². The van der Waals surface area contributed by atoms with Crippen molar-refractivity contribution in [1.82, 2.24) is 0 Å². The third-order valence-electron chi connectivity index (χ3n) is 3.78. The molecule has 2 aliphatic rings. The zero-order valence-corrected chi connectivity index (χ0v) is 15.2. The van der Waals surface area contributed by atoms with Gasteiger partial charge in [0.2, 0.25) is 6.29 Å². The lowest BCUT2D eigenvalue weighted by Crippen LogP contribution is -2.28. The fourth-order valence-electron chi connectivity index (χ4n) is 2.54. The third-order valence-corrected chi connectivity index (χ3v) is 8.21. The van der Waals surface area contributed by atoms with Crippen LogP contribution >= 0.6 is 23.5 Å². The standard InChI is InChI=1S/C15H20O5S3/c1-10-3-5-11(6-4-10)23(17,18)20-14-12(16)9-13(19-14)15-21-7-2-8-22-15/h3-6,12-16H,2,7-9H2,1H3. The highest BCUT2D eigenvalue weighted by Crippen LogP contribution is 2.39. The summed E-state index contributed by atoms with van der Waals surface area (Å²) in [5.41, 5.74) is 0.965. The summed E-state index contributed by atoms with van der Waals surface area (Å²) in [6, 6.07) is 6.41. The van der Waals surface area contributed by atoms with E-state index in [4.69, 9.17) is 8.92 Å². The van der Waals surface area contributed by atoms with Crippen LogP contribution in [0.25, 0.3) is 0 Å². The van der Waals surface area contributed by atoms with Crippen LogP contribution < -0.4 is 0 Å². The molecule has 2 heterocycles. The zero-order valence-electron chi connectivity index (χ0n) is 12.8. The Bertz CT molecular complexity index is 625. The molecule has 1 aromatic carbocycles. The van der Waals surface area contributed by atoms with Gasteiger partial charge in [0.25, 0.3) is 10.1 Å². The normalized spacial score (nSPS) is 29.7. The fourth-order valence-corrected chi connectivity index (χ4v) is 6.55. The first kappa shape index (κ1) is 17.6. The summed E-state index contributed by atoms with van der Waals surface area (Å²) >= 11 is 3.60. The summed E-state index contributed by atoms with van der Waals surface area (Å²) in [7, 11) is -3.95. The molecule has 5 nitrogen and oxygen atoms in total. The lowest BCUT2D eigenvalue weighted by Gasteiger charge is -2.25. The Morgan fingerprint density at radius 2 is 1.87 bits per heavy atom. The van der Waals surface area contributed by atoms with Crippen LogP contribution in [0, 0.1) is 6.92 Å². The second-order valence-electron chi connectivity index (χ2n) is 5.67. The number of thioether (sulfide) groups is 2. The SMILES string of the molecule is Cc1ccc(S(=O)(=O)OC2OC(C3SCCCS3)CC2O)cc1. The number of rotatable bonds is 4. The summed E-state index contributed by atoms with van der Waals surface area (Å²) in [5.74, 6) is 2.14. The first-order valence-electron chi connectivity index (χ1n) is 7.52. The minimum atomic E-state index is -3.95. The van der Waals surface area contributed by atoms with Crippen molar-refractivity contribution in [1.29, 1.82) is 0 Å². The van der Waals surface area contributed by atoms with Crippen molar-refractivity contribution in [3.63, 3.8) is 0 Å². The molecule has 0 spiro atoms. The van der Waals surface area contributed by atoms with Crippen molar-refractivity contribution < 1.29 is 22.4 Å². The Balaban J connectivity index is 1.66. The predicted octanol–water partition coefficient (Wildman–Crippen LogP) is 2.37. The summed E-state index contributed by atoms with van der Waals surface area (Å²) < 4.78 is 35.7. The summed E-state index contributed by atoms with van der Waals surface area (Å²) in [5, 5.41) is 10.1. The summed E-state index contributed by atoms with van der Waals surface area (Å²) in [4.78, 5) is 0.0729. The number of ether oxygens (including phenoxy) is 1. The Labute approximate surface area is 145 Å². The van der Waals surface area contributed by atoms with Crippen LogP contribution in [0.1, 0.15) is 18.4 Å². The highest BCUT2D eigenvalue weighted by atomic mass is 32.2. The lowest BCUT2D eigenvalue weighted by atomic mass is 10.2. The Morgan fingerprint density at radius 1 is 1.22 bits per heavy atom. The maximum atomic E-state index is 12.3. The molecule has 0 radical (unpaired) electrons. The van der Waals surface area contributed by atoms with Crippen molar-refractivity contribution in [3.05, 3.63) is 29.8 Å². The Kier molecular flexibility index (Phi) is 5.60. The molecule has 2 saturated heterocycles. The molecular weight excluding hydrogens is 356 g/mol. The van der Waals surface area contributed by atoms with Crippen LogP contribution in [0.2, 0.25) is 0 Å². The van der Waals surface area contributed by atoms with Gasteiger partial charge < -0.3 is 9.84 Å². The number of hydrogen-bond acceptors (Lipinski definition) is 7. The number of aryl methyl sites for hydroxylation is 1. The quantitative estimate of drug-likeness (QED) is 0.809. The van der Waals surface area contributed by atoms with E-state index in [0.29, 0.717) is 6.42 Å². The zero-order chi connectivity index (χ0) is 16.4. The average molecular weight is 377 g/mol. The van der Waals surface area contributed by atoms with Gasteiger partial charge in [-0.1, -0.05) is 17.7 Å². The molecule has 0 aromatic heterocycles. The molecule has 1 aromatic rings. The topological polar surface area (TPSA) is 72.8 Å². The predicted molar refractivity (Wildman–Crippen MR) is 92.1 cm³/mol. The van der Waals surface area contributed by atoms with E-state index in [1.807, 2.05) is 6.92 Å². The smallest absolute Gasteiger partial charge is 0.299 e. The first-order valence-corrected chi connectivity index (χ1v) is 11.0. The van der Waals surface area contributed by atoms with E-state index in [-0.39, 0.29) is 15.6 Å². The van der Waals surface area contributed by atoms with Crippen LogP contribution in [0.4, 0.5) is 0 Å². The molecule has 3 unspecified atom stereocenters. The molecule has 3 rings (SSSR count). The van der Waals surface area contributed by atoms with Crippen LogP contribution in [-0.4, -0.2) is 48.1 Å². The molecule has 1 N–H and O–H groups in total. The van der Waals surface area contributed by atoms with Gasteiger partial charge in [-0.05, 0) is 37.0 Å². The molecule has 8 heteroatoms. The minimum Gasteiger partial charge on any atom is -0.388 e. The minimum absolute atomic E-state index is 0.0729. The van der Waals surface area contributed by atoms with Crippen LogP contribution in [0.15, 0.2) is 29.2 Å². The van der Waals surface area contributed by atoms with Crippen LogP contribution in [0.5, 0.6) is 0 Å². The molecule has 2 aliphatic heterocycles. The van der Waals surface area contributed by atoms with E-state index in [2.05, 4.69) is 0 Å². The van der Waals surface area contributed by atoms with Gasteiger partial charge in [-0.3, -0.25) is 0 Å². The van der Waals surface area contributed by atoms with Crippen molar-refractivity contribution >= 4 is 33.6 Å². The third kappa shape index (κ3) is 4.24. The summed E-state index contributed by atoms with van der Waals surface area (Å²) in [6.45, 7) is 1.88. The molecule has 0 bridgehead atoms. The molecule has 0 saturated carbocycles. The van der Waals surface area contributed by atoms with Crippen molar-refractivity contribution in [2.45, 2.75) is 47.7 Å². The van der Waals surface area contributed by atoms with Gasteiger partial charge in [0.15, 0.2) is 0 Å². The first-order chi connectivity index (χ1) is 11.0. The van der Waals surface area contributed by atoms with Gasteiger partial charge in [0, 0.05) is 6.42 Å². The second kappa shape index (κ2) is 7.33. The molecule has 128 valence electrons. The largest absolute Gasteiger partial charge is 0.388 e. The average Bonchev–Trinajstić information content (AvgIpc) is 2.89. The fraction of sp³-hybridized carbons (Fsp3) is 0.600. The number of aliphatic hydroxyl groups excluding tert-OH is 1. The van der Waals surface area contributed by atoms with E-state index in [1.165, 1.54) is 18.6 Å². The molecule has 2 fully saturated rings. The molecule has 0 amide bonds. The maximum Gasteiger partial charge on any atom is 0.299 e. The van der Waals surface area contributed by atoms with E-state index in [0.717, 1.165) is 17.1 Å². The van der Waals surface area contributed by atoms with Crippen molar-refractivity contribution in [2.24, 2.45) is 0 Å². The molecule has 23 heavy (non-hydrogen) atoms. The van der Waals surface area contributed by atoms with Gasteiger partial charge in [0.1, 0.15) is 6.10 Å². The van der Waals surface area contributed by atoms with E-state index in [1.54, 1.807) is 35.7 Å². The van der Waals surface area contributed by atoms with Crippen LogP contribution in [0.3, 0.4) is 0 Å². The van der Waals surface area contributed by atoms with Gasteiger partial charge in [0.05, 0.1) is 15.6 Å². The summed E-state index contributed by atoms with van der Waals surface area (Å²) in [6.07, 6.45) is -0.669. The van der Waals surface area contributed by atoms with Gasteiger partial charge in [-0.15, -0.1) is 23.5 Å². The number of aliphatic hydroxyl groups is 1. The van der Waals surface area contributed by atoms with E-state index >= 15 is 0 Å². The Morgan fingerprint density at radius 3 is 2.52 bits per heavy atom. The maximum absolute atomic E-state index is 12.3. The molecular formula is C15H20O5S3. The van der Waals surface area contributed by atoms with Crippen molar-refractivity contribution in [3.8, 4) is 0 Å². The second-order valence-corrected chi connectivity index (χ2v) is 10.0. The Hall–Kier alpha value is -0.250. The number of hydrogen-bond donors (Lipinski definition) is 1.